The molecule has 1 fully saturated rings. The first kappa shape index (κ1) is 23.7. The maximum absolute atomic E-state index is 13.2. The van der Waals surface area contributed by atoms with Crippen molar-refractivity contribution in [2.24, 2.45) is 10.7 Å². The molecule has 1 aromatic heterocycles. The smallest absolute Gasteiger partial charge is 0.286 e. The molecule has 32 heavy (non-hydrogen) atoms. The van der Waals surface area contributed by atoms with Crippen molar-refractivity contribution in [3.8, 4) is 0 Å². The first-order valence-corrected chi connectivity index (χ1v) is 11.2. The van der Waals surface area contributed by atoms with Crippen LogP contribution in [0.2, 0.25) is 0 Å². The number of hydrogen-bond donors (Lipinski definition) is 4. The van der Waals surface area contributed by atoms with Gasteiger partial charge in [-0.15, -0.1) is 0 Å². The highest BCUT2D eigenvalue weighted by atomic mass is 19.1. The number of benzene rings is 1. The predicted molar refractivity (Wildman–Crippen MR) is 127 cm³/mol. The van der Waals surface area contributed by atoms with E-state index in [1.54, 1.807) is 4.90 Å². The van der Waals surface area contributed by atoms with E-state index in [4.69, 9.17) is 11.1 Å². The van der Waals surface area contributed by atoms with Gasteiger partial charge in [0.15, 0.2) is 5.84 Å². The number of carbonyl (C=O) groups excluding carboxylic acids is 1. The molecule has 1 aliphatic heterocycles. The number of carbonyl (C=O) groups is 1. The summed E-state index contributed by atoms with van der Waals surface area (Å²) in [5, 5.41) is 12.4. The van der Waals surface area contributed by atoms with Crippen LogP contribution in [0.25, 0.3) is 10.9 Å². The molecule has 0 aliphatic carbocycles. The zero-order chi connectivity index (χ0) is 23.1. The number of fused-ring (bicyclic) bond motifs is 1. The fraction of sp³-hybridized carbons (Fsp3) is 0.522. The number of nitrogens with zero attached hydrogens (tertiary/aromatic N) is 3. The van der Waals surface area contributed by atoms with Gasteiger partial charge in [0.05, 0.1) is 6.04 Å². The van der Waals surface area contributed by atoms with Crippen LogP contribution in [-0.2, 0) is 11.2 Å². The summed E-state index contributed by atoms with van der Waals surface area (Å²) in [4.78, 5) is 23.6. The van der Waals surface area contributed by atoms with Gasteiger partial charge in [-0.05, 0) is 31.5 Å². The van der Waals surface area contributed by atoms with E-state index in [0.717, 1.165) is 35.7 Å². The number of rotatable bonds is 7. The quantitative estimate of drug-likeness (QED) is 0.388. The monoisotopic (exact) mass is 443 g/mol. The first-order chi connectivity index (χ1) is 15.4. The van der Waals surface area contributed by atoms with Crippen LogP contribution in [0.1, 0.15) is 31.7 Å². The molecule has 0 spiro atoms. The number of amidine groups is 1. The van der Waals surface area contributed by atoms with Gasteiger partial charge in [-0.1, -0.05) is 38.0 Å². The Morgan fingerprint density at radius 3 is 2.94 bits per heavy atom. The number of hydrogen-bond acceptors (Lipinski definition) is 3. The van der Waals surface area contributed by atoms with Gasteiger partial charge in [0.25, 0.3) is 5.91 Å². The Bertz CT molecular complexity index is 957. The van der Waals surface area contributed by atoms with Gasteiger partial charge in [0.1, 0.15) is 6.67 Å². The average Bonchev–Trinajstić information content (AvgIpc) is 3.20. The van der Waals surface area contributed by atoms with Gasteiger partial charge in [-0.2, -0.15) is 4.99 Å². The van der Waals surface area contributed by atoms with Crippen molar-refractivity contribution in [3.63, 3.8) is 0 Å². The molecule has 3 rings (SSSR count). The number of nitrogens with one attached hydrogen (secondary N) is 3. The van der Waals surface area contributed by atoms with Crippen molar-refractivity contribution < 1.29 is 9.18 Å². The van der Waals surface area contributed by atoms with Crippen LogP contribution in [0.5, 0.6) is 0 Å². The molecule has 0 saturated carbocycles. The van der Waals surface area contributed by atoms with Crippen molar-refractivity contribution in [1.29, 1.82) is 5.41 Å². The summed E-state index contributed by atoms with van der Waals surface area (Å²) in [6, 6.07) is 7.70. The summed E-state index contributed by atoms with van der Waals surface area (Å²) in [6.07, 6.45) is 5.48. The van der Waals surface area contributed by atoms with Gasteiger partial charge in [-0.3, -0.25) is 15.1 Å². The fourth-order valence-corrected chi connectivity index (χ4v) is 4.04. The van der Waals surface area contributed by atoms with E-state index >= 15 is 0 Å². The molecule has 2 aromatic rings. The third-order valence-electron chi connectivity index (χ3n) is 6.10. The first-order valence-electron chi connectivity index (χ1n) is 11.2. The lowest BCUT2D eigenvalue weighted by atomic mass is 10.0. The van der Waals surface area contributed by atoms with Gasteiger partial charge in [-0.25, -0.2) is 4.39 Å². The Morgan fingerprint density at radius 2 is 2.19 bits per heavy atom. The zero-order valence-corrected chi connectivity index (χ0v) is 18.9. The molecular formula is C23H34FN7O. The summed E-state index contributed by atoms with van der Waals surface area (Å²) in [5.41, 5.74) is 8.14. The summed E-state index contributed by atoms with van der Waals surface area (Å²) in [6.45, 7) is 3.14. The highest BCUT2D eigenvalue weighted by Crippen LogP contribution is 2.20. The van der Waals surface area contributed by atoms with Crippen molar-refractivity contribution >= 4 is 28.6 Å². The third kappa shape index (κ3) is 5.85. The Hall–Kier alpha value is -2.94. The topological polar surface area (TPSA) is 114 Å². The maximum Gasteiger partial charge on any atom is 0.286 e. The summed E-state index contributed by atoms with van der Waals surface area (Å²) >= 11 is 0. The molecule has 8 nitrogen and oxygen atoms in total. The fourth-order valence-electron chi connectivity index (χ4n) is 4.04. The number of piperazine rings is 1. The van der Waals surface area contributed by atoms with E-state index in [0.29, 0.717) is 26.1 Å². The number of aromatic amines is 1. The van der Waals surface area contributed by atoms with Crippen molar-refractivity contribution in [1.82, 2.24) is 20.1 Å². The van der Waals surface area contributed by atoms with Crippen molar-refractivity contribution in [2.45, 2.75) is 44.7 Å². The van der Waals surface area contributed by atoms with Crippen LogP contribution in [0, 0.1) is 5.41 Å². The number of amides is 1. The minimum Gasteiger partial charge on any atom is -0.379 e. The van der Waals surface area contributed by atoms with E-state index in [1.807, 2.05) is 36.3 Å². The number of halogens is 1. The maximum atomic E-state index is 13.2. The summed E-state index contributed by atoms with van der Waals surface area (Å²) in [5.74, 6) is -0.830. The normalized spacial score (nSPS) is 18.7. The SMILES string of the molecule is CCCCC(Cc1c[nH]c2ccccc12)NC(=O)/C(N)=N/C(=N)N1CCN(C)C(CF)C1. The number of aromatic nitrogens is 1. The Labute approximate surface area is 188 Å². The third-order valence-corrected chi connectivity index (χ3v) is 6.10. The average molecular weight is 444 g/mol. The number of likely N-dealkylation sites (N-methyl/N-ethyl adjacent to an activating group) is 1. The summed E-state index contributed by atoms with van der Waals surface area (Å²) in [7, 11) is 1.86. The molecule has 1 amide bonds. The molecule has 2 unspecified atom stereocenters. The van der Waals surface area contributed by atoms with Crippen LogP contribution in [0.4, 0.5) is 4.39 Å². The number of para-hydroxylation sites is 1. The van der Waals surface area contributed by atoms with E-state index in [1.165, 1.54) is 0 Å². The highest BCUT2D eigenvalue weighted by Gasteiger charge is 2.26. The van der Waals surface area contributed by atoms with Crippen LogP contribution in [0.3, 0.4) is 0 Å². The highest BCUT2D eigenvalue weighted by molar-refractivity contribution is 6.38. The molecule has 174 valence electrons. The van der Waals surface area contributed by atoms with E-state index in [9.17, 15) is 9.18 Å². The second-order valence-electron chi connectivity index (χ2n) is 8.43. The molecular weight excluding hydrogens is 409 g/mol. The molecule has 1 aromatic carbocycles. The second kappa shape index (κ2) is 11.1. The summed E-state index contributed by atoms with van der Waals surface area (Å²) < 4.78 is 13.2. The number of H-pyrrole nitrogens is 1. The largest absolute Gasteiger partial charge is 0.379 e. The molecule has 9 heteroatoms. The lowest BCUT2D eigenvalue weighted by Crippen LogP contribution is -2.54. The van der Waals surface area contributed by atoms with Gasteiger partial charge in [0, 0.05) is 42.8 Å². The van der Waals surface area contributed by atoms with E-state index in [2.05, 4.69) is 28.3 Å². The number of guanidine groups is 1. The molecule has 1 saturated heterocycles. The molecule has 2 heterocycles. The molecule has 1 aliphatic rings. The molecule has 5 N–H and O–H groups in total. The van der Waals surface area contributed by atoms with Crippen LogP contribution in [-0.4, -0.2) is 77.9 Å². The number of unbranched alkanes of at least 4 members (excludes halogenated alkanes) is 1. The zero-order valence-electron chi connectivity index (χ0n) is 18.9. The lowest BCUT2D eigenvalue weighted by molar-refractivity contribution is -0.115. The Balaban J connectivity index is 1.65. The second-order valence-corrected chi connectivity index (χ2v) is 8.43. The van der Waals surface area contributed by atoms with Crippen molar-refractivity contribution in [3.05, 3.63) is 36.0 Å². The minimum atomic E-state index is -0.493. The standard InChI is InChI=1S/C23H34FN7O/c1-3-4-7-17(12-16-14-27-20-9-6-5-8-19(16)20)28-22(32)21(25)29-23(26)31-11-10-30(2)18(13-24)15-31/h5-6,8-9,14,17-18,27H,3-4,7,10-13,15H2,1-2H3,(H,28,32)(H3,25,26,29). The van der Waals surface area contributed by atoms with Crippen molar-refractivity contribution in [2.75, 3.05) is 33.4 Å². The lowest BCUT2D eigenvalue weighted by Gasteiger charge is -2.38. The van der Waals surface area contributed by atoms with E-state index in [-0.39, 0.29) is 23.9 Å². The molecule has 2 atom stereocenters. The number of aliphatic imine (C=N–C) groups is 1. The van der Waals surface area contributed by atoms with Crippen LogP contribution < -0.4 is 11.1 Å². The van der Waals surface area contributed by atoms with Gasteiger partial charge in [0.2, 0.25) is 5.96 Å². The predicted octanol–water partition coefficient (Wildman–Crippen LogP) is 2.26. The minimum absolute atomic E-state index is 0.0934. The Kier molecular flexibility index (Phi) is 8.21. The van der Waals surface area contributed by atoms with E-state index < -0.39 is 12.6 Å². The van der Waals surface area contributed by atoms with Gasteiger partial charge < -0.3 is 20.9 Å². The number of nitrogens with two attached hydrogens (primary N) is 1. The van der Waals surface area contributed by atoms with Crippen LogP contribution in [0.15, 0.2) is 35.5 Å². The molecule has 0 bridgehead atoms. The number of alkyl halides is 1. The Morgan fingerprint density at radius 1 is 1.41 bits per heavy atom. The molecule has 0 radical (unpaired) electrons. The van der Waals surface area contributed by atoms with Crippen LogP contribution >= 0.6 is 0 Å². The van der Waals surface area contributed by atoms with Gasteiger partial charge >= 0.3 is 0 Å².